The van der Waals surface area contributed by atoms with Crippen molar-refractivity contribution in [3.05, 3.63) is 91.0 Å². The topological polar surface area (TPSA) is 17.8 Å². The molecule has 0 aliphatic carbocycles. The van der Waals surface area contributed by atoms with Crippen LogP contribution >= 0.6 is 0 Å². The molecule has 0 fully saturated rings. The van der Waals surface area contributed by atoms with E-state index >= 15 is 0 Å². The maximum absolute atomic E-state index is 4.95. The highest BCUT2D eigenvalue weighted by Gasteiger charge is 2.14. The van der Waals surface area contributed by atoms with Crippen LogP contribution in [-0.2, 0) is 0 Å². The number of para-hydroxylation sites is 3. The quantitative estimate of drug-likeness (QED) is 0.445. The first-order valence-corrected chi connectivity index (χ1v) is 8.83. The van der Waals surface area contributed by atoms with Crippen molar-refractivity contribution >= 4 is 35.1 Å². The van der Waals surface area contributed by atoms with E-state index in [-0.39, 0.29) is 0 Å². The molecule has 0 N–H and O–H groups in total. The highest BCUT2D eigenvalue weighted by molar-refractivity contribution is 6.33. The lowest BCUT2D eigenvalue weighted by atomic mass is 9.93. The van der Waals surface area contributed by atoms with Gasteiger partial charge in [0.05, 0.1) is 11.0 Å². The van der Waals surface area contributed by atoms with E-state index in [0.29, 0.717) is 0 Å². The minimum atomic E-state index is 0.972. The molecule has 0 saturated heterocycles. The minimum Gasteiger partial charge on any atom is -0.292 e. The number of rotatable bonds is 2. The minimum absolute atomic E-state index is 0.972. The van der Waals surface area contributed by atoms with Crippen molar-refractivity contribution in [3.63, 3.8) is 0 Å². The van der Waals surface area contributed by atoms with Crippen molar-refractivity contribution < 1.29 is 0 Å². The SMILES string of the molecule is Bc1ccc2cc(-c3nc4ccccc4n3-c3ccccc3)ccc2c1. The summed E-state index contributed by atoms with van der Waals surface area (Å²) in [5, 5.41) is 2.50. The molecule has 122 valence electrons. The number of hydrogen-bond acceptors (Lipinski definition) is 1. The van der Waals surface area contributed by atoms with Gasteiger partial charge in [0.25, 0.3) is 0 Å². The smallest absolute Gasteiger partial charge is 0.145 e. The second kappa shape index (κ2) is 5.89. The Labute approximate surface area is 153 Å². The van der Waals surface area contributed by atoms with Gasteiger partial charge in [-0.3, -0.25) is 4.57 Å². The molecule has 0 saturated carbocycles. The standard InChI is InChI=1S/C23H17BN2/c24-19-13-12-16-14-18(11-10-17(16)15-19)23-25-21-8-4-5-9-22(21)26(23)20-6-2-1-3-7-20/h1-15H,24H2. The van der Waals surface area contributed by atoms with Crippen LogP contribution in [0.4, 0.5) is 0 Å². The van der Waals surface area contributed by atoms with Gasteiger partial charge in [-0.2, -0.15) is 0 Å². The summed E-state index contributed by atoms with van der Waals surface area (Å²) < 4.78 is 2.24. The Morgan fingerprint density at radius 1 is 0.692 bits per heavy atom. The van der Waals surface area contributed by atoms with E-state index in [2.05, 4.69) is 91.3 Å². The van der Waals surface area contributed by atoms with Gasteiger partial charge in [-0.15, -0.1) is 0 Å². The van der Waals surface area contributed by atoms with Gasteiger partial charge in [-0.25, -0.2) is 4.98 Å². The summed E-state index contributed by atoms with van der Waals surface area (Å²) in [5.41, 5.74) is 5.66. The Bertz CT molecular complexity index is 1240. The first-order chi connectivity index (χ1) is 12.8. The lowest BCUT2D eigenvalue weighted by molar-refractivity contribution is 1.10. The van der Waals surface area contributed by atoms with E-state index in [0.717, 1.165) is 28.1 Å². The van der Waals surface area contributed by atoms with E-state index in [1.165, 1.54) is 16.2 Å². The highest BCUT2D eigenvalue weighted by Crippen LogP contribution is 2.30. The van der Waals surface area contributed by atoms with Gasteiger partial charge in [0.2, 0.25) is 0 Å². The fourth-order valence-electron chi connectivity index (χ4n) is 3.56. The number of fused-ring (bicyclic) bond motifs is 2. The number of aromatic nitrogens is 2. The van der Waals surface area contributed by atoms with Crippen molar-refractivity contribution in [1.29, 1.82) is 0 Å². The van der Waals surface area contributed by atoms with Crippen molar-refractivity contribution in [2.24, 2.45) is 0 Å². The fraction of sp³-hybridized carbons (Fsp3) is 0. The molecule has 0 unspecified atom stereocenters. The van der Waals surface area contributed by atoms with E-state index in [4.69, 9.17) is 4.98 Å². The predicted molar refractivity (Wildman–Crippen MR) is 112 cm³/mol. The zero-order valence-corrected chi connectivity index (χ0v) is 14.6. The lowest BCUT2D eigenvalue weighted by Gasteiger charge is -2.10. The number of benzene rings is 4. The largest absolute Gasteiger partial charge is 0.292 e. The third kappa shape index (κ3) is 2.41. The molecule has 0 aliphatic heterocycles. The van der Waals surface area contributed by atoms with Gasteiger partial charge >= 0.3 is 0 Å². The van der Waals surface area contributed by atoms with Gasteiger partial charge in [0.15, 0.2) is 0 Å². The van der Waals surface area contributed by atoms with Crippen LogP contribution < -0.4 is 5.46 Å². The zero-order valence-electron chi connectivity index (χ0n) is 14.6. The second-order valence-corrected chi connectivity index (χ2v) is 6.66. The van der Waals surface area contributed by atoms with E-state index in [9.17, 15) is 0 Å². The van der Waals surface area contributed by atoms with E-state index in [1.54, 1.807) is 0 Å². The molecule has 0 bridgehead atoms. The number of imidazole rings is 1. The third-order valence-corrected chi connectivity index (χ3v) is 4.83. The van der Waals surface area contributed by atoms with Crippen LogP contribution in [0.25, 0.3) is 38.9 Å². The summed E-state index contributed by atoms with van der Waals surface area (Å²) in [5.74, 6) is 0.972. The molecule has 5 aromatic rings. The third-order valence-electron chi connectivity index (χ3n) is 4.83. The Hall–Kier alpha value is -3.33. The predicted octanol–water partition coefficient (Wildman–Crippen LogP) is 4.10. The molecule has 0 radical (unpaired) electrons. The molecule has 5 rings (SSSR count). The van der Waals surface area contributed by atoms with Crippen LogP contribution in [0.15, 0.2) is 91.0 Å². The van der Waals surface area contributed by atoms with E-state index < -0.39 is 0 Å². The zero-order chi connectivity index (χ0) is 17.5. The van der Waals surface area contributed by atoms with Gasteiger partial charge < -0.3 is 0 Å². The summed E-state index contributed by atoms with van der Waals surface area (Å²) >= 11 is 0. The molecule has 0 amide bonds. The van der Waals surface area contributed by atoms with Crippen molar-refractivity contribution in [3.8, 4) is 17.1 Å². The van der Waals surface area contributed by atoms with Crippen LogP contribution in [0, 0.1) is 0 Å². The fourth-order valence-corrected chi connectivity index (χ4v) is 3.56. The van der Waals surface area contributed by atoms with Gasteiger partial charge in [-0.05, 0) is 41.1 Å². The molecule has 0 spiro atoms. The Balaban J connectivity index is 1.80. The van der Waals surface area contributed by atoms with Gasteiger partial charge in [0.1, 0.15) is 13.7 Å². The highest BCUT2D eigenvalue weighted by atomic mass is 15.1. The van der Waals surface area contributed by atoms with Crippen LogP contribution in [0.1, 0.15) is 0 Å². The van der Waals surface area contributed by atoms with Crippen molar-refractivity contribution in [2.75, 3.05) is 0 Å². The molecular weight excluding hydrogens is 315 g/mol. The Kier molecular flexibility index (Phi) is 3.39. The second-order valence-electron chi connectivity index (χ2n) is 6.66. The molecule has 0 atom stereocenters. The molecule has 2 nitrogen and oxygen atoms in total. The normalized spacial score (nSPS) is 11.2. The molecule has 1 aromatic heterocycles. The Morgan fingerprint density at radius 2 is 1.42 bits per heavy atom. The van der Waals surface area contributed by atoms with Crippen molar-refractivity contribution in [2.45, 2.75) is 0 Å². The van der Waals surface area contributed by atoms with Gasteiger partial charge in [-0.1, -0.05) is 66.1 Å². The number of hydrogen-bond donors (Lipinski definition) is 0. The van der Waals surface area contributed by atoms with Crippen LogP contribution in [0.3, 0.4) is 0 Å². The summed E-state index contributed by atoms with van der Waals surface area (Å²) in [4.78, 5) is 4.95. The van der Waals surface area contributed by atoms with Gasteiger partial charge in [0, 0.05) is 11.3 Å². The maximum Gasteiger partial charge on any atom is 0.145 e. The first kappa shape index (κ1) is 15.0. The van der Waals surface area contributed by atoms with Crippen LogP contribution in [-0.4, -0.2) is 17.4 Å². The lowest BCUT2D eigenvalue weighted by Crippen LogP contribution is -2.00. The van der Waals surface area contributed by atoms with Crippen LogP contribution in [0.2, 0.25) is 0 Å². The Morgan fingerprint density at radius 3 is 2.31 bits per heavy atom. The molecular formula is C23H17BN2. The molecule has 1 heterocycles. The summed E-state index contributed by atoms with van der Waals surface area (Å²) in [6.45, 7) is 0. The molecule has 4 aromatic carbocycles. The summed E-state index contributed by atoms with van der Waals surface area (Å²) in [6.07, 6.45) is 0. The maximum atomic E-state index is 4.95. The number of nitrogens with zero attached hydrogens (tertiary/aromatic N) is 2. The molecule has 0 aliphatic rings. The van der Waals surface area contributed by atoms with Crippen molar-refractivity contribution in [1.82, 2.24) is 9.55 Å². The van der Waals surface area contributed by atoms with E-state index in [1.807, 2.05) is 12.1 Å². The average molecular weight is 332 g/mol. The monoisotopic (exact) mass is 332 g/mol. The molecule has 3 heteroatoms. The summed E-state index contributed by atoms with van der Waals surface area (Å²) in [6, 6.07) is 31.9. The average Bonchev–Trinajstić information content (AvgIpc) is 3.08. The summed E-state index contributed by atoms with van der Waals surface area (Å²) in [7, 11) is 2.13. The van der Waals surface area contributed by atoms with Crippen LogP contribution in [0.5, 0.6) is 0 Å². The first-order valence-electron chi connectivity index (χ1n) is 8.83. The molecule has 26 heavy (non-hydrogen) atoms.